The number of carbonyl (C=O) groups excluding carboxylic acids is 1. The van der Waals surface area contributed by atoms with Crippen LogP contribution in [0.3, 0.4) is 0 Å². The predicted molar refractivity (Wildman–Crippen MR) is 85.8 cm³/mol. The van der Waals surface area contributed by atoms with Gasteiger partial charge in [0.2, 0.25) is 0 Å². The first kappa shape index (κ1) is 15.8. The number of hydrogen-bond acceptors (Lipinski definition) is 4. The van der Waals surface area contributed by atoms with Gasteiger partial charge in [0.15, 0.2) is 0 Å². The molecule has 5 nitrogen and oxygen atoms in total. The van der Waals surface area contributed by atoms with Crippen LogP contribution in [0.15, 0.2) is 18.3 Å². The summed E-state index contributed by atoms with van der Waals surface area (Å²) in [5, 5.41) is 3.31. The van der Waals surface area contributed by atoms with Crippen LogP contribution in [0.4, 0.5) is 5.69 Å². The molecule has 1 saturated heterocycles. The number of rotatable bonds is 7. The molecule has 1 aromatic heterocycles. The molecule has 0 aromatic carbocycles. The average Bonchev–Trinajstić information content (AvgIpc) is 2.46. The van der Waals surface area contributed by atoms with E-state index in [1.54, 1.807) is 11.1 Å². The van der Waals surface area contributed by atoms with Gasteiger partial charge in [-0.05, 0) is 32.4 Å². The molecule has 1 fully saturated rings. The third kappa shape index (κ3) is 3.53. The van der Waals surface area contributed by atoms with E-state index in [1.807, 2.05) is 26.0 Å². The number of pyridine rings is 1. The standard InChI is InChI=1S/C16H26N4O/c1-4-9-20(14-11-17-12-14)13-7-8-18-15(10-13)16(21)19(5-2)6-3/h7-8,10,14,17H,4-6,9,11-12H2,1-3H3. The van der Waals surface area contributed by atoms with Crippen molar-refractivity contribution in [2.75, 3.05) is 37.6 Å². The Morgan fingerprint density at radius 1 is 1.33 bits per heavy atom. The van der Waals surface area contributed by atoms with Gasteiger partial charge in [-0.2, -0.15) is 0 Å². The first-order chi connectivity index (χ1) is 10.2. The fraction of sp³-hybridized carbons (Fsp3) is 0.625. The van der Waals surface area contributed by atoms with E-state index < -0.39 is 0 Å². The van der Waals surface area contributed by atoms with E-state index in [0.717, 1.165) is 31.7 Å². The van der Waals surface area contributed by atoms with Crippen LogP contribution in [-0.2, 0) is 0 Å². The van der Waals surface area contributed by atoms with E-state index in [2.05, 4.69) is 22.1 Å². The maximum atomic E-state index is 12.4. The monoisotopic (exact) mass is 290 g/mol. The number of carbonyl (C=O) groups is 1. The molecule has 0 aliphatic carbocycles. The van der Waals surface area contributed by atoms with Crippen molar-refractivity contribution in [2.24, 2.45) is 0 Å². The first-order valence-corrected chi connectivity index (χ1v) is 7.93. The van der Waals surface area contributed by atoms with Gasteiger partial charge in [0.05, 0.1) is 6.04 Å². The maximum absolute atomic E-state index is 12.4. The SMILES string of the molecule is CCCN(c1ccnc(C(=O)N(CC)CC)c1)C1CNC1. The largest absolute Gasteiger partial charge is 0.366 e. The molecule has 2 heterocycles. The highest BCUT2D eigenvalue weighted by Gasteiger charge is 2.25. The fourth-order valence-electron chi connectivity index (χ4n) is 2.65. The van der Waals surface area contributed by atoms with E-state index in [9.17, 15) is 4.79 Å². The summed E-state index contributed by atoms with van der Waals surface area (Å²) in [5.74, 6) is 0.0185. The molecule has 2 rings (SSSR count). The van der Waals surface area contributed by atoms with Gasteiger partial charge in [-0.15, -0.1) is 0 Å². The molecule has 1 aromatic rings. The molecule has 0 spiro atoms. The van der Waals surface area contributed by atoms with E-state index in [-0.39, 0.29) is 5.91 Å². The van der Waals surface area contributed by atoms with Gasteiger partial charge in [0.25, 0.3) is 5.91 Å². The van der Waals surface area contributed by atoms with Crippen molar-refractivity contribution in [1.82, 2.24) is 15.2 Å². The number of nitrogens with one attached hydrogen (secondary N) is 1. The Morgan fingerprint density at radius 2 is 2.05 bits per heavy atom. The number of amides is 1. The molecule has 116 valence electrons. The van der Waals surface area contributed by atoms with Gasteiger partial charge in [-0.25, -0.2) is 0 Å². The van der Waals surface area contributed by atoms with Crippen molar-refractivity contribution >= 4 is 11.6 Å². The lowest BCUT2D eigenvalue weighted by molar-refractivity contribution is 0.0767. The highest BCUT2D eigenvalue weighted by Crippen LogP contribution is 2.20. The van der Waals surface area contributed by atoms with Crippen LogP contribution in [0, 0.1) is 0 Å². The molecule has 1 amide bonds. The second-order valence-electron chi connectivity index (χ2n) is 5.38. The Hall–Kier alpha value is -1.62. The Bertz CT molecular complexity index is 469. The second-order valence-corrected chi connectivity index (χ2v) is 5.38. The minimum Gasteiger partial charge on any atom is -0.366 e. The lowest BCUT2D eigenvalue weighted by Gasteiger charge is -2.40. The fourth-order valence-corrected chi connectivity index (χ4v) is 2.65. The minimum atomic E-state index is 0.0185. The van der Waals surface area contributed by atoms with E-state index in [0.29, 0.717) is 24.8 Å². The molecule has 0 bridgehead atoms. The molecule has 0 atom stereocenters. The Kier molecular flexibility index (Phi) is 5.56. The summed E-state index contributed by atoms with van der Waals surface area (Å²) in [7, 11) is 0. The molecule has 1 aliphatic rings. The second kappa shape index (κ2) is 7.41. The van der Waals surface area contributed by atoms with Crippen molar-refractivity contribution in [2.45, 2.75) is 33.2 Å². The third-order valence-electron chi connectivity index (χ3n) is 4.01. The highest BCUT2D eigenvalue weighted by molar-refractivity contribution is 5.93. The molecule has 1 N–H and O–H groups in total. The van der Waals surface area contributed by atoms with Crippen molar-refractivity contribution in [3.63, 3.8) is 0 Å². The highest BCUT2D eigenvalue weighted by atomic mass is 16.2. The van der Waals surface area contributed by atoms with Gasteiger partial charge >= 0.3 is 0 Å². The number of nitrogens with zero attached hydrogens (tertiary/aromatic N) is 3. The third-order valence-corrected chi connectivity index (χ3v) is 4.01. The van der Waals surface area contributed by atoms with Gasteiger partial charge in [-0.3, -0.25) is 9.78 Å². The van der Waals surface area contributed by atoms with Crippen LogP contribution in [0.5, 0.6) is 0 Å². The van der Waals surface area contributed by atoms with Crippen LogP contribution in [0.2, 0.25) is 0 Å². The quantitative estimate of drug-likeness (QED) is 0.831. The molecule has 0 radical (unpaired) electrons. The summed E-state index contributed by atoms with van der Waals surface area (Å²) >= 11 is 0. The zero-order valence-electron chi connectivity index (χ0n) is 13.3. The molecule has 0 saturated carbocycles. The molecular weight excluding hydrogens is 264 g/mol. The van der Waals surface area contributed by atoms with Crippen LogP contribution in [0.1, 0.15) is 37.7 Å². The van der Waals surface area contributed by atoms with Gasteiger partial charge < -0.3 is 15.1 Å². The van der Waals surface area contributed by atoms with Crippen LogP contribution in [-0.4, -0.2) is 54.6 Å². The summed E-state index contributed by atoms with van der Waals surface area (Å²) < 4.78 is 0. The van der Waals surface area contributed by atoms with Crippen LogP contribution >= 0.6 is 0 Å². The molecular formula is C16H26N4O. The van der Waals surface area contributed by atoms with Gasteiger partial charge in [-0.1, -0.05) is 6.92 Å². The first-order valence-electron chi connectivity index (χ1n) is 7.93. The Morgan fingerprint density at radius 3 is 2.57 bits per heavy atom. The summed E-state index contributed by atoms with van der Waals surface area (Å²) in [5.41, 5.74) is 1.65. The van der Waals surface area contributed by atoms with Crippen LogP contribution in [0.25, 0.3) is 0 Å². The van der Waals surface area contributed by atoms with Crippen molar-refractivity contribution in [1.29, 1.82) is 0 Å². The Balaban J connectivity index is 2.20. The lowest BCUT2D eigenvalue weighted by Crippen LogP contribution is -2.57. The average molecular weight is 290 g/mol. The van der Waals surface area contributed by atoms with Crippen LogP contribution < -0.4 is 10.2 Å². The van der Waals surface area contributed by atoms with E-state index in [1.165, 1.54) is 0 Å². The Labute approximate surface area is 127 Å². The number of hydrogen-bond donors (Lipinski definition) is 1. The smallest absolute Gasteiger partial charge is 0.272 e. The zero-order valence-corrected chi connectivity index (χ0v) is 13.3. The lowest BCUT2D eigenvalue weighted by atomic mass is 10.1. The van der Waals surface area contributed by atoms with E-state index in [4.69, 9.17) is 0 Å². The number of aromatic nitrogens is 1. The normalized spacial score (nSPS) is 14.6. The zero-order chi connectivity index (χ0) is 15.2. The summed E-state index contributed by atoms with van der Waals surface area (Å²) in [6.45, 7) is 10.6. The topological polar surface area (TPSA) is 48.5 Å². The predicted octanol–water partition coefficient (Wildman–Crippen LogP) is 1.75. The van der Waals surface area contributed by atoms with Gasteiger partial charge in [0.1, 0.15) is 5.69 Å². The van der Waals surface area contributed by atoms with Gasteiger partial charge in [0, 0.05) is 44.6 Å². The molecule has 5 heteroatoms. The van der Waals surface area contributed by atoms with Crippen molar-refractivity contribution in [3.8, 4) is 0 Å². The molecule has 1 aliphatic heterocycles. The summed E-state index contributed by atoms with van der Waals surface area (Å²) in [4.78, 5) is 20.9. The minimum absolute atomic E-state index is 0.0185. The summed E-state index contributed by atoms with van der Waals surface area (Å²) in [6.07, 6.45) is 2.85. The van der Waals surface area contributed by atoms with Crippen molar-refractivity contribution in [3.05, 3.63) is 24.0 Å². The van der Waals surface area contributed by atoms with E-state index >= 15 is 0 Å². The molecule has 21 heavy (non-hydrogen) atoms. The van der Waals surface area contributed by atoms with Crippen molar-refractivity contribution < 1.29 is 4.79 Å². The maximum Gasteiger partial charge on any atom is 0.272 e. The number of anilines is 1. The molecule has 0 unspecified atom stereocenters. The summed E-state index contributed by atoms with van der Waals surface area (Å²) in [6, 6.07) is 4.48.